The number of ether oxygens (including phenoxy) is 4. The van der Waals surface area contributed by atoms with Crippen molar-refractivity contribution in [2.75, 3.05) is 39.6 Å². The van der Waals surface area contributed by atoms with Gasteiger partial charge in [-0.05, 0) is 49.4 Å². The molecule has 0 rings (SSSR count). The number of rotatable bonds is 82. The van der Waals surface area contributed by atoms with E-state index in [2.05, 4.69) is 55.4 Å². The van der Waals surface area contributed by atoms with Gasteiger partial charge in [0.05, 0.1) is 26.4 Å². The summed E-state index contributed by atoms with van der Waals surface area (Å²) in [4.78, 5) is 73.2. The predicted molar refractivity (Wildman–Crippen MR) is 428 cm³/mol. The molecule has 0 saturated carbocycles. The van der Waals surface area contributed by atoms with E-state index in [1.54, 1.807) is 0 Å². The van der Waals surface area contributed by atoms with E-state index in [4.69, 9.17) is 37.0 Å². The van der Waals surface area contributed by atoms with Crippen molar-refractivity contribution in [2.45, 2.75) is 459 Å². The Hall–Kier alpha value is -1.94. The molecule has 5 atom stereocenters. The van der Waals surface area contributed by atoms with Gasteiger partial charge in [0.2, 0.25) is 0 Å². The van der Waals surface area contributed by atoms with Crippen LogP contribution in [0, 0.1) is 23.7 Å². The fourth-order valence-corrected chi connectivity index (χ4v) is 14.7. The summed E-state index contributed by atoms with van der Waals surface area (Å²) < 4.78 is 68.9. The summed E-state index contributed by atoms with van der Waals surface area (Å²) in [6.07, 6.45) is 62.4. The second-order valence-electron chi connectivity index (χ2n) is 32.5. The Bertz CT molecular complexity index is 2020. The van der Waals surface area contributed by atoms with Crippen molar-refractivity contribution >= 4 is 39.5 Å². The number of hydrogen-bond acceptors (Lipinski definition) is 15. The highest BCUT2D eigenvalue weighted by atomic mass is 31.2. The second-order valence-corrected chi connectivity index (χ2v) is 35.4. The molecule has 0 aromatic rings. The Kier molecular flexibility index (Phi) is 72.5. The van der Waals surface area contributed by atoms with E-state index in [-0.39, 0.29) is 25.7 Å². The Morgan fingerprint density at radius 2 is 0.404 bits per heavy atom. The fourth-order valence-electron chi connectivity index (χ4n) is 13.1. The zero-order valence-corrected chi connectivity index (χ0v) is 70.5. The third-order valence-electron chi connectivity index (χ3n) is 19.8. The van der Waals surface area contributed by atoms with Crippen molar-refractivity contribution in [1.82, 2.24) is 0 Å². The highest BCUT2D eigenvalue weighted by Crippen LogP contribution is 2.45. The largest absolute Gasteiger partial charge is 0.472 e. The van der Waals surface area contributed by atoms with Gasteiger partial charge in [0.1, 0.15) is 19.3 Å². The van der Waals surface area contributed by atoms with Crippen LogP contribution in [0.15, 0.2) is 0 Å². The number of carbonyl (C=O) groups excluding carboxylic acids is 4. The molecule has 3 N–H and O–H groups in total. The van der Waals surface area contributed by atoms with Crippen LogP contribution in [0.5, 0.6) is 0 Å². The number of aliphatic hydroxyl groups is 1. The highest BCUT2D eigenvalue weighted by molar-refractivity contribution is 7.47. The van der Waals surface area contributed by atoms with Gasteiger partial charge in [0.25, 0.3) is 0 Å². The van der Waals surface area contributed by atoms with Gasteiger partial charge in [-0.2, -0.15) is 0 Å². The SMILES string of the molecule is CC(C)CCCCCCCCCCCCCCCCCC(=O)O[C@H](COC(=O)CCCCCCCCCCCCCCCCC(C)C)COP(=O)(O)OC[C@@H](O)COP(=O)(O)OC[C@@H](COC(=O)CCCCCCCCCCCC(C)C)OC(=O)CCCCCCCCCCCCCCCCC(C)C. The third kappa shape index (κ3) is 78.2. The lowest BCUT2D eigenvalue weighted by atomic mass is 10.0. The van der Waals surface area contributed by atoms with Gasteiger partial charge >= 0.3 is 39.5 Å². The molecule has 0 spiro atoms. The Balaban J connectivity index is 5.27. The number of unbranched alkanes of at least 4 members (excludes halogenated alkanes) is 48. The van der Waals surface area contributed by atoms with Crippen LogP contribution in [-0.4, -0.2) is 96.7 Å². The molecule has 0 aliphatic carbocycles. The molecule has 17 nitrogen and oxygen atoms in total. The summed E-state index contributed by atoms with van der Waals surface area (Å²) in [5.41, 5.74) is 0. The monoisotopic (exact) mass is 1520 g/mol. The molecule has 0 heterocycles. The van der Waals surface area contributed by atoms with Gasteiger partial charge in [-0.1, -0.05) is 389 Å². The van der Waals surface area contributed by atoms with Crippen LogP contribution in [0.25, 0.3) is 0 Å². The minimum absolute atomic E-state index is 0.107. The fraction of sp³-hybridized carbons (Fsp3) is 0.953. The standard InChI is InChI=1S/C85H166O17P2/c1-75(2)61-53-45-37-29-22-16-10-9-11-20-26-34-43-51-59-67-84(89)101-80(71-95-82(87)65-57-49-41-33-25-19-14-12-17-23-30-38-46-54-62-76(3)4)73-99-103(91,92)97-69-79(86)70-98-104(93,94)100-74-81(72-96-83(88)66-58-50-42-36-28-32-40-48-56-64-78(7)8)102-85(90)68-60-52-44-35-27-21-15-13-18-24-31-39-47-55-63-77(5)6/h75-81,86H,9-74H2,1-8H3,(H,91,92)(H,93,94)/t79-,80-,81-/m1/s1. The van der Waals surface area contributed by atoms with Crippen LogP contribution in [-0.2, 0) is 65.4 Å². The van der Waals surface area contributed by atoms with Crippen molar-refractivity contribution in [3.63, 3.8) is 0 Å². The topological polar surface area (TPSA) is 237 Å². The normalized spacial score (nSPS) is 14.0. The molecule has 0 amide bonds. The summed E-state index contributed by atoms with van der Waals surface area (Å²) in [6, 6.07) is 0. The van der Waals surface area contributed by atoms with E-state index in [1.165, 1.54) is 244 Å². The van der Waals surface area contributed by atoms with E-state index >= 15 is 0 Å². The van der Waals surface area contributed by atoms with Crippen LogP contribution < -0.4 is 0 Å². The van der Waals surface area contributed by atoms with Gasteiger partial charge < -0.3 is 33.8 Å². The maximum absolute atomic E-state index is 13.1. The number of hydrogen-bond donors (Lipinski definition) is 3. The first-order chi connectivity index (χ1) is 50.1. The summed E-state index contributed by atoms with van der Waals surface area (Å²) in [6.45, 7) is 14.3. The maximum atomic E-state index is 13.1. The molecule has 0 radical (unpaired) electrons. The van der Waals surface area contributed by atoms with Crippen LogP contribution in [0.3, 0.4) is 0 Å². The first-order valence-electron chi connectivity index (χ1n) is 43.7. The Morgan fingerprint density at radius 1 is 0.240 bits per heavy atom. The zero-order valence-electron chi connectivity index (χ0n) is 68.7. The molecule has 0 aliphatic rings. The first-order valence-corrected chi connectivity index (χ1v) is 46.7. The molecule has 104 heavy (non-hydrogen) atoms. The molecule has 0 aromatic heterocycles. The van der Waals surface area contributed by atoms with Gasteiger partial charge in [0.15, 0.2) is 12.2 Å². The molecular formula is C85H166O17P2. The van der Waals surface area contributed by atoms with Crippen molar-refractivity contribution in [3.05, 3.63) is 0 Å². The van der Waals surface area contributed by atoms with E-state index in [0.717, 1.165) is 114 Å². The van der Waals surface area contributed by atoms with E-state index in [1.807, 2.05) is 0 Å². The second kappa shape index (κ2) is 73.8. The van der Waals surface area contributed by atoms with Crippen molar-refractivity contribution in [1.29, 1.82) is 0 Å². The van der Waals surface area contributed by atoms with E-state index in [9.17, 15) is 43.2 Å². The predicted octanol–water partition coefficient (Wildman–Crippen LogP) is 25.6. The van der Waals surface area contributed by atoms with Gasteiger partial charge in [-0.15, -0.1) is 0 Å². The van der Waals surface area contributed by atoms with E-state index < -0.39 is 97.5 Å². The minimum Gasteiger partial charge on any atom is -0.462 e. The number of aliphatic hydroxyl groups excluding tert-OH is 1. The maximum Gasteiger partial charge on any atom is 0.472 e. The number of carbonyl (C=O) groups is 4. The van der Waals surface area contributed by atoms with Gasteiger partial charge in [-0.3, -0.25) is 37.3 Å². The molecule has 0 bridgehead atoms. The lowest BCUT2D eigenvalue weighted by Crippen LogP contribution is -2.30. The summed E-state index contributed by atoms with van der Waals surface area (Å²) in [5.74, 6) is 1.03. The van der Waals surface area contributed by atoms with Crippen molar-refractivity contribution < 1.29 is 80.2 Å². The summed E-state index contributed by atoms with van der Waals surface area (Å²) in [5, 5.41) is 10.7. The molecule has 0 saturated heterocycles. The molecule has 0 fully saturated rings. The van der Waals surface area contributed by atoms with Gasteiger partial charge in [0, 0.05) is 25.7 Å². The smallest absolute Gasteiger partial charge is 0.462 e. The van der Waals surface area contributed by atoms with Crippen molar-refractivity contribution in [2.24, 2.45) is 23.7 Å². The van der Waals surface area contributed by atoms with Crippen LogP contribution in [0.2, 0.25) is 0 Å². The number of phosphoric ester groups is 2. The van der Waals surface area contributed by atoms with Crippen LogP contribution in [0.1, 0.15) is 441 Å². The van der Waals surface area contributed by atoms with Crippen LogP contribution in [0.4, 0.5) is 0 Å². The average Bonchev–Trinajstić information content (AvgIpc) is 0.909. The van der Waals surface area contributed by atoms with E-state index in [0.29, 0.717) is 25.7 Å². The van der Waals surface area contributed by atoms with Crippen molar-refractivity contribution in [3.8, 4) is 0 Å². The minimum atomic E-state index is -4.97. The quantitative estimate of drug-likeness (QED) is 0.0222. The number of phosphoric acid groups is 2. The summed E-state index contributed by atoms with van der Waals surface area (Å²) >= 11 is 0. The third-order valence-corrected chi connectivity index (χ3v) is 21.7. The highest BCUT2D eigenvalue weighted by Gasteiger charge is 2.30. The molecule has 19 heteroatoms. The molecular weight excluding hydrogens is 1350 g/mol. The zero-order chi connectivity index (χ0) is 76.7. The Labute approximate surface area is 638 Å². The lowest BCUT2D eigenvalue weighted by molar-refractivity contribution is -0.161. The molecule has 618 valence electrons. The van der Waals surface area contributed by atoms with Crippen LogP contribution >= 0.6 is 15.6 Å². The average molecular weight is 1520 g/mol. The summed E-state index contributed by atoms with van der Waals surface area (Å²) in [7, 11) is -9.93. The first kappa shape index (κ1) is 102. The molecule has 0 aliphatic heterocycles. The molecule has 0 aromatic carbocycles. The Morgan fingerprint density at radius 3 is 0.596 bits per heavy atom. The molecule has 2 unspecified atom stereocenters. The lowest BCUT2D eigenvalue weighted by Gasteiger charge is -2.21. The van der Waals surface area contributed by atoms with Gasteiger partial charge in [-0.25, -0.2) is 9.13 Å². The number of esters is 4.